The first-order valence-corrected chi connectivity index (χ1v) is 8.29. The van der Waals surface area contributed by atoms with E-state index in [1.807, 2.05) is 26.8 Å². The Morgan fingerprint density at radius 1 is 1.43 bits per heavy atom. The average molecular weight is 308 g/mol. The van der Waals surface area contributed by atoms with E-state index in [2.05, 4.69) is 15.0 Å². The van der Waals surface area contributed by atoms with Crippen LogP contribution in [0.15, 0.2) is 18.5 Å². The van der Waals surface area contributed by atoms with Crippen molar-refractivity contribution in [2.24, 2.45) is 0 Å². The minimum atomic E-state index is -3.41. The summed E-state index contributed by atoms with van der Waals surface area (Å²) in [4.78, 5) is 3.88. The standard InChI is InChI=1S/C14H20N4O2S/c1-13(2,3)18-21(19,20)14(5-6-14)10-17-12-4-7-16-9-11(12)8-15/h4,7,9,18H,5-6,10H2,1-3H3,(H,16,17). The Kier molecular flexibility index (Phi) is 3.95. The van der Waals surface area contributed by atoms with Crippen molar-refractivity contribution in [3.05, 3.63) is 24.0 Å². The monoisotopic (exact) mass is 308 g/mol. The van der Waals surface area contributed by atoms with E-state index >= 15 is 0 Å². The van der Waals surface area contributed by atoms with E-state index in [0.717, 1.165) is 0 Å². The molecule has 1 fully saturated rings. The molecule has 2 rings (SSSR count). The van der Waals surface area contributed by atoms with Gasteiger partial charge in [-0.2, -0.15) is 5.26 Å². The number of nitriles is 1. The summed E-state index contributed by atoms with van der Waals surface area (Å²) in [6.07, 6.45) is 4.28. The second-order valence-electron chi connectivity index (χ2n) is 6.43. The maximum Gasteiger partial charge on any atom is 0.219 e. The molecule has 2 N–H and O–H groups in total. The molecule has 0 amide bonds. The number of hydrogen-bond donors (Lipinski definition) is 2. The molecule has 1 aromatic heterocycles. The van der Waals surface area contributed by atoms with Crippen molar-refractivity contribution in [1.29, 1.82) is 5.26 Å². The molecule has 7 heteroatoms. The predicted octanol–water partition coefficient (Wildman–Crippen LogP) is 1.62. The summed E-state index contributed by atoms with van der Waals surface area (Å²) in [5.41, 5.74) is 0.530. The van der Waals surface area contributed by atoms with Gasteiger partial charge in [0.15, 0.2) is 0 Å². The summed E-state index contributed by atoms with van der Waals surface area (Å²) in [5, 5.41) is 12.1. The largest absolute Gasteiger partial charge is 0.382 e. The van der Waals surface area contributed by atoms with Gasteiger partial charge in [0, 0.05) is 24.5 Å². The van der Waals surface area contributed by atoms with Crippen LogP contribution in [0.5, 0.6) is 0 Å². The van der Waals surface area contributed by atoms with Crippen LogP contribution in [0.3, 0.4) is 0 Å². The number of nitrogens with zero attached hydrogens (tertiary/aromatic N) is 2. The Labute approximate surface area is 125 Å². The molecule has 1 heterocycles. The highest BCUT2D eigenvalue weighted by Gasteiger charge is 2.55. The maximum absolute atomic E-state index is 12.5. The number of nitrogens with one attached hydrogen (secondary N) is 2. The third-order valence-electron chi connectivity index (χ3n) is 3.36. The van der Waals surface area contributed by atoms with Crippen molar-refractivity contribution in [2.45, 2.75) is 43.9 Å². The number of hydrogen-bond acceptors (Lipinski definition) is 5. The zero-order chi connectivity index (χ0) is 15.7. The van der Waals surface area contributed by atoms with E-state index in [0.29, 0.717) is 24.1 Å². The van der Waals surface area contributed by atoms with Crippen LogP contribution in [0.1, 0.15) is 39.2 Å². The molecular weight excluding hydrogens is 288 g/mol. The summed E-state index contributed by atoms with van der Waals surface area (Å²) >= 11 is 0. The smallest absolute Gasteiger partial charge is 0.219 e. The molecule has 1 saturated carbocycles. The van der Waals surface area contributed by atoms with E-state index in [4.69, 9.17) is 5.26 Å². The molecule has 0 unspecified atom stereocenters. The number of sulfonamides is 1. The maximum atomic E-state index is 12.5. The van der Waals surface area contributed by atoms with Gasteiger partial charge in [0.05, 0.1) is 11.3 Å². The zero-order valence-corrected chi connectivity index (χ0v) is 13.3. The molecule has 1 aliphatic carbocycles. The Morgan fingerprint density at radius 2 is 2.10 bits per heavy atom. The van der Waals surface area contributed by atoms with Crippen LogP contribution in [0.4, 0.5) is 5.69 Å². The average Bonchev–Trinajstić information content (AvgIpc) is 3.15. The van der Waals surface area contributed by atoms with Crippen LogP contribution in [0.2, 0.25) is 0 Å². The molecule has 0 spiro atoms. The molecule has 0 aliphatic heterocycles. The van der Waals surface area contributed by atoms with Gasteiger partial charge in [0.1, 0.15) is 10.8 Å². The van der Waals surface area contributed by atoms with Gasteiger partial charge in [0.2, 0.25) is 10.0 Å². The SMILES string of the molecule is CC(C)(C)NS(=O)(=O)C1(CNc2ccncc2C#N)CC1. The van der Waals surface area contributed by atoms with Crippen LogP contribution in [-0.2, 0) is 10.0 Å². The molecule has 0 bridgehead atoms. The molecule has 1 aromatic rings. The summed E-state index contributed by atoms with van der Waals surface area (Å²) in [5.74, 6) is 0. The van der Waals surface area contributed by atoms with Gasteiger partial charge < -0.3 is 5.32 Å². The molecule has 0 saturated heterocycles. The zero-order valence-electron chi connectivity index (χ0n) is 12.5. The summed E-state index contributed by atoms with van der Waals surface area (Å²) in [6.45, 7) is 5.76. The van der Waals surface area contributed by atoms with E-state index in [1.165, 1.54) is 6.20 Å². The quantitative estimate of drug-likeness (QED) is 0.862. The normalized spacial score (nSPS) is 17.0. The summed E-state index contributed by atoms with van der Waals surface area (Å²) < 4.78 is 26.9. The number of rotatable bonds is 5. The van der Waals surface area contributed by atoms with E-state index < -0.39 is 20.3 Å². The van der Waals surface area contributed by atoms with Crippen LogP contribution in [0.25, 0.3) is 0 Å². The lowest BCUT2D eigenvalue weighted by Gasteiger charge is -2.25. The third kappa shape index (κ3) is 3.52. The van der Waals surface area contributed by atoms with Crippen molar-refractivity contribution in [3.8, 4) is 6.07 Å². The first kappa shape index (κ1) is 15.7. The Bertz CT molecular complexity index is 667. The van der Waals surface area contributed by atoms with Gasteiger partial charge in [-0.15, -0.1) is 0 Å². The van der Waals surface area contributed by atoms with Crippen molar-refractivity contribution in [3.63, 3.8) is 0 Å². The highest BCUT2D eigenvalue weighted by molar-refractivity contribution is 7.91. The van der Waals surface area contributed by atoms with Crippen LogP contribution in [-0.4, -0.2) is 30.2 Å². The van der Waals surface area contributed by atoms with Crippen molar-refractivity contribution in [1.82, 2.24) is 9.71 Å². The van der Waals surface area contributed by atoms with Crippen LogP contribution < -0.4 is 10.0 Å². The highest BCUT2D eigenvalue weighted by Crippen LogP contribution is 2.43. The van der Waals surface area contributed by atoms with Gasteiger partial charge in [0.25, 0.3) is 0 Å². The Morgan fingerprint density at radius 3 is 2.62 bits per heavy atom. The first-order valence-electron chi connectivity index (χ1n) is 6.81. The second-order valence-corrected chi connectivity index (χ2v) is 8.50. The lowest BCUT2D eigenvalue weighted by molar-refractivity contribution is 0.482. The van der Waals surface area contributed by atoms with Crippen molar-refractivity contribution < 1.29 is 8.42 Å². The number of pyridine rings is 1. The minimum Gasteiger partial charge on any atom is -0.382 e. The van der Waals surface area contributed by atoms with Gasteiger partial charge in [-0.05, 0) is 39.7 Å². The molecule has 114 valence electrons. The number of anilines is 1. The molecule has 0 radical (unpaired) electrons. The van der Waals surface area contributed by atoms with E-state index in [9.17, 15) is 8.42 Å². The molecule has 6 nitrogen and oxygen atoms in total. The van der Waals surface area contributed by atoms with Crippen molar-refractivity contribution >= 4 is 15.7 Å². The Hall–Kier alpha value is -1.65. The van der Waals surface area contributed by atoms with Gasteiger partial charge >= 0.3 is 0 Å². The van der Waals surface area contributed by atoms with E-state index in [1.54, 1.807) is 12.3 Å². The van der Waals surface area contributed by atoms with Gasteiger partial charge in [-0.1, -0.05) is 0 Å². The first-order chi connectivity index (χ1) is 9.69. The molecule has 0 aromatic carbocycles. The summed E-state index contributed by atoms with van der Waals surface area (Å²) in [6, 6.07) is 3.72. The number of aromatic nitrogens is 1. The minimum absolute atomic E-state index is 0.289. The predicted molar refractivity (Wildman–Crippen MR) is 81.2 cm³/mol. The van der Waals surface area contributed by atoms with Crippen LogP contribution in [0, 0.1) is 11.3 Å². The van der Waals surface area contributed by atoms with Crippen LogP contribution >= 0.6 is 0 Å². The Balaban J connectivity index is 2.11. The summed E-state index contributed by atoms with van der Waals surface area (Å²) in [7, 11) is -3.41. The molecule has 21 heavy (non-hydrogen) atoms. The topological polar surface area (TPSA) is 94.9 Å². The van der Waals surface area contributed by atoms with Gasteiger partial charge in [-0.25, -0.2) is 13.1 Å². The fourth-order valence-electron chi connectivity index (χ4n) is 2.09. The molecular formula is C14H20N4O2S. The lowest BCUT2D eigenvalue weighted by Crippen LogP contribution is -2.48. The van der Waals surface area contributed by atoms with E-state index in [-0.39, 0.29) is 6.54 Å². The van der Waals surface area contributed by atoms with Crippen molar-refractivity contribution in [2.75, 3.05) is 11.9 Å². The highest BCUT2D eigenvalue weighted by atomic mass is 32.2. The fourth-order valence-corrected chi connectivity index (χ4v) is 4.01. The molecule has 1 aliphatic rings. The third-order valence-corrected chi connectivity index (χ3v) is 5.93. The fraction of sp³-hybridized carbons (Fsp3) is 0.571. The lowest BCUT2D eigenvalue weighted by atomic mass is 10.1. The second kappa shape index (κ2) is 5.28. The van der Waals surface area contributed by atoms with Gasteiger partial charge in [-0.3, -0.25) is 4.98 Å². The molecule has 0 atom stereocenters.